The molecular formula is C59H83BF2N10O18S2. The number of nitro groups is 1. The summed E-state index contributed by atoms with van der Waals surface area (Å²) in [5, 5.41) is 20.2. The summed E-state index contributed by atoms with van der Waals surface area (Å²) in [7, 11) is 5.10. The predicted molar refractivity (Wildman–Crippen MR) is 331 cm³/mol. The number of nitrogens with zero attached hydrogens (tertiary/aromatic N) is 7. The standard InChI is InChI=1S/C59H83BF2N10O18S2/c1-40(89-59(78)90-69-56(75)24-25-57(69)76)46-36-52(87-9)53(38-51(46)70(79)80)88-31-28-66(2)27-26-63-55(74)35-44(21-13-14-29-71(3,4)5)64-58(77)47(39-92(84,85)86)65-54(73)23-22-45-33-42(20-16-32-91(81,82)83)49-37-50-43(19-15-30-72(6,7)8)34-48(41-17-11-10-12-18-41)68(50)60(61,62)67(45)49/h10-12,17-18,33-34,36-38,40,44,47H,13-16,19-32,35,39H2,1-9H3,(H3-2,63,64,65,73,74,77,81,82,83,84,85,86). The quantitative estimate of drug-likeness (QED) is 0.0110. The Balaban J connectivity index is 1.11. The summed E-state index contributed by atoms with van der Waals surface area (Å²) in [6.45, 7) is -1.49. The van der Waals surface area contributed by atoms with Gasteiger partial charge in [-0.15, -0.1) is 0 Å². The van der Waals surface area contributed by atoms with Crippen LogP contribution in [0, 0.1) is 10.1 Å². The third-order valence-electron chi connectivity index (χ3n) is 15.5. The first-order valence-corrected chi connectivity index (χ1v) is 33.2. The molecule has 1 saturated heterocycles. The minimum Gasteiger partial charge on any atom is -0.748 e. The van der Waals surface area contributed by atoms with Gasteiger partial charge in [-0.05, 0) is 94.4 Å². The normalized spacial score (nSPS) is 15.9. The number of fused-ring (bicyclic) bond motifs is 2. The maximum absolute atomic E-state index is 17.7. The van der Waals surface area contributed by atoms with Crippen molar-refractivity contribution in [1.29, 1.82) is 0 Å². The van der Waals surface area contributed by atoms with E-state index in [0.717, 1.165) is 21.6 Å². The summed E-state index contributed by atoms with van der Waals surface area (Å²) < 4.78 is 127. The molecule has 3 aliphatic heterocycles. The minimum absolute atomic E-state index is 0.0336. The minimum atomic E-state index is -5.22. The number of aryl methyl sites for hydroxylation is 2. The van der Waals surface area contributed by atoms with Crippen LogP contribution in [-0.4, -0.2) is 226 Å². The van der Waals surface area contributed by atoms with Crippen LogP contribution < -0.4 is 25.4 Å². The van der Waals surface area contributed by atoms with Crippen molar-refractivity contribution in [3.63, 3.8) is 0 Å². The Hall–Kier alpha value is -7.69. The molecule has 0 spiro atoms. The third-order valence-corrected chi connectivity index (χ3v) is 17.0. The molecule has 2 aromatic carbocycles. The first-order valence-electron chi connectivity index (χ1n) is 30.1. The number of quaternary nitrogens is 2. The van der Waals surface area contributed by atoms with Crippen LogP contribution in [-0.2, 0) is 66.6 Å². The molecule has 33 heteroatoms. The fourth-order valence-corrected chi connectivity index (χ4v) is 12.1. The lowest BCUT2D eigenvalue weighted by Crippen LogP contribution is -2.53. The van der Waals surface area contributed by atoms with Crippen molar-refractivity contribution in [2.75, 3.05) is 107 Å². The van der Waals surface area contributed by atoms with Gasteiger partial charge >= 0.3 is 13.1 Å². The van der Waals surface area contributed by atoms with Gasteiger partial charge in [-0.3, -0.25) is 38.9 Å². The van der Waals surface area contributed by atoms with E-state index in [9.17, 15) is 64.8 Å². The molecule has 3 N–H and O–H groups in total. The zero-order chi connectivity index (χ0) is 68.1. The summed E-state index contributed by atoms with van der Waals surface area (Å²) in [6, 6.07) is 9.44. The van der Waals surface area contributed by atoms with E-state index in [1.165, 1.54) is 26.2 Å². The van der Waals surface area contributed by atoms with Crippen LogP contribution in [0.3, 0.4) is 0 Å². The molecule has 3 aliphatic rings. The van der Waals surface area contributed by atoms with Crippen molar-refractivity contribution in [2.45, 2.75) is 102 Å². The molecule has 92 heavy (non-hydrogen) atoms. The van der Waals surface area contributed by atoms with Gasteiger partial charge in [0.25, 0.3) is 17.5 Å². The number of imide groups is 1. The average Bonchev–Trinajstić information content (AvgIpc) is 1.74. The highest BCUT2D eigenvalue weighted by Crippen LogP contribution is 2.41. The molecule has 3 unspecified atom stereocenters. The Morgan fingerprint density at radius 1 is 0.837 bits per heavy atom. The monoisotopic (exact) mass is 1330 g/mol. The van der Waals surface area contributed by atoms with Gasteiger partial charge in [-0.2, -0.15) is 0 Å². The number of rotatable bonds is 36. The number of hydrogen-bond acceptors (Lipinski definition) is 19. The van der Waals surface area contributed by atoms with E-state index >= 15 is 8.63 Å². The number of carbonyl (C=O) groups excluding carboxylic acids is 6. The van der Waals surface area contributed by atoms with Crippen LogP contribution in [0.4, 0.5) is 19.1 Å². The van der Waals surface area contributed by atoms with E-state index in [1.54, 1.807) is 54.4 Å². The van der Waals surface area contributed by atoms with Crippen molar-refractivity contribution < 1.29 is 101 Å². The lowest BCUT2D eigenvalue weighted by molar-refractivity contribution is -0.870. The molecule has 3 aromatic rings. The fraction of sp³-hybridized carbons (Fsp3) is 0.542. The number of nitrogens with one attached hydrogen (secondary N) is 3. The molecule has 5 amide bonds. The molecule has 0 radical (unpaired) electrons. The lowest BCUT2D eigenvalue weighted by atomic mass is 9.88. The van der Waals surface area contributed by atoms with Gasteiger partial charge in [0.1, 0.15) is 18.8 Å². The number of nitro benzene ring substituents is 1. The van der Waals surface area contributed by atoms with Gasteiger partial charge in [-0.25, -0.2) is 21.6 Å². The van der Waals surface area contributed by atoms with Crippen LogP contribution >= 0.6 is 0 Å². The number of amides is 5. The molecule has 28 nitrogen and oxygen atoms in total. The van der Waals surface area contributed by atoms with Gasteiger partial charge in [-0.1, -0.05) is 23.3 Å². The van der Waals surface area contributed by atoms with Gasteiger partial charge in [0.2, 0.25) is 17.7 Å². The number of ether oxygens (including phenoxy) is 3. The van der Waals surface area contributed by atoms with Gasteiger partial charge < -0.3 is 70.7 Å². The van der Waals surface area contributed by atoms with Crippen LogP contribution in [0.25, 0.3) is 6.08 Å². The number of methoxy groups -OCH3 is 1. The molecule has 6 rings (SSSR count). The number of hydroxylamine groups is 2. The second-order valence-corrected chi connectivity index (χ2v) is 28.0. The maximum atomic E-state index is 17.7. The first kappa shape index (κ1) is 73.4. The highest BCUT2D eigenvalue weighted by Gasteiger charge is 2.55. The van der Waals surface area contributed by atoms with Gasteiger partial charge in [0, 0.05) is 92.5 Å². The number of unbranched alkanes of at least 4 members (excludes halogenated alkanes) is 1. The molecule has 4 heterocycles. The van der Waals surface area contributed by atoms with E-state index in [-0.39, 0.29) is 110 Å². The van der Waals surface area contributed by atoms with E-state index in [1.807, 2.05) is 42.3 Å². The Labute approximate surface area is 534 Å². The van der Waals surface area contributed by atoms with Crippen molar-refractivity contribution in [3.05, 3.63) is 104 Å². The van der Waals surface area contributed by atoms with Crippen LogP contribution in [0.1, 0.15) is 105 Å². The number of likely N-dealkylation sites (N-methyl/N-ethyl adjacent to an activating group) is 1. The third kappa shape index (κ3) is 21.4. The summed E-state index contributed by atoms with van der Waals surface area (Å²) >= 11 is 0. The summed E-state index contributed by atoms with van der Waals surface area (Å²) in [5.41, 5.74) is 1.30. The van der Waals surface area contributed by atoms with E-state index in [2.05, 4.69) is 16.0 Å². The lowest BCUT2D eigenvalue weighted by Gasteiger charge is -2.32. The summed E-state index contributed by atoms with van der Waals surface area (Å²) in [6.07, 6.45) is 1.13. The van der Waals surface area contributed by atoms with E-state index < -0.39 is 116 Å². The molecule has 0 saturated carbocycles. The van der Waals surface area contributed by atoms with Gasteiger partial charge in [0.15, 0.2) is 22.9 Å². The second-order valence-electron chi connectivity index (χ2n) is 25.1. The SMILES string of the molecule is COc1cc(C(C)OC(=O)ON2C(=O)CCC2=O)c([N+](=O)[O-])cc1OCCN(C)CCNC(=O)CC(CCCC[N+](C)(C)C)NC(=O)C(CS(=O)(=O)[O-])NC(=O)CCc1cc(CCCS(=O)(=O)[O-])c2n1[B-](F)(F)[N+]1=C(c3ccccc3)C=C(CCC[N+](C)(C)C)C1=C2. The zero-order valence-corrected chi connectivity index (χ0v) is 54.9. The number of halogens is 2. The Kier molecular flexibility index (Phi) is 25.0. The van der Waals surface area contributed by atoms with Crippen molar-refractivity contribution in [3.8, 4) is 11.5 Å². The van der Waals surface area contributed by atoms with E-state index in [0.29, 0.717) is 57.9 Å². The molecule has 0 aliphatic carbocycles. The molecule has 3 atom stereocenters. The summed E-state index contributed by atoms with van der Waals surface area (Å²) in [4.78, 5) is 95.5. The largest absolute Gasteiger partial charge is 0.748 e. The molecule has 1 aromatic heterocycles. The van der Waals surface area contributed by atoms with E-state index in [4.69, 9.17) is 19.0 Å². The average molecular weight is 1330 g/mol. The van der Waals surface area contributed by atoms with Crippen LogP contribution in [0.2, 0.25) is 0 Å². The van der Waals surface area contributed by atoms with Crippen molar-refractivity contribution >= 4 is 80.4 Å². The predicted octanol–water partition coefficient (Wildman–Crippen LogP) is 3.51. The molecule has 0 bridgehead atoms. The van der Waals surface area contributed by atoms with Crippen LogP contribution in [0.15, 0.2) is 65.9 Å². The maximum Gasteiger partial charge on any atom is 0.737 e. The Morgan fingerprint density at radius 3 is 2.12 bits per heavy atom. The topological polar surface area (TPSA) is 347 Å². The smallest absolute Gasteiger partial charge is 0.737 e. The molecular weight excluding hydrogens is 1250 g/mol. The number of benzene rings is 2. The molecule has 1 fully saturated rings. The highest BCUT2D eigenvalue weighted by atomic mass is 32.2. The number of hydrogen-bond donors (Lipinski definition) is 3. The molecule has 506 valence electrons. The zero-order valence-electron chi connectivity index (χ0n) is 53.3. The number of allylic oxidation sites excluding steroid dienone is 2. The Bertz CT molecular complexity index is 3560. The number of aromatic nitrogens is 1. The Morgan fingerprint density at radius 2 is 1.50 bits per heavy atom. The first-order chi connectivity index (χ1) is 42.9. The highest BCUT2D eigenvalue weighted by molar-refractivity contribution is 7.86. The van der Waals surface area contributed by atoms with Gasteiger partial charge in [0.05, 0.1) is 105 Å². The van der Waals surface area contributed by atoms with Crippen molar-refractivity contribution in [1.82, 2.24) is 30.4 Å². The van der Waals surface area contributed by atoms with Crippen molar-refractivity contribution in [2.24, 2.45) is 0 Å². The summed E-state index contributed by atoms with van der Waals surface area (Å²) in [5.74, 6) is -6.26. The second kappa shape index (κ2) is 31.3. The van der Waals surface area contributed by atoms with Crippen LogP contribution in [0.5, 0.6) is 11.5 Å². The fourth-order valence-electron chi connectivity index (χ4n) is 10.9. The number of carbonyl (C=O) groups is 6.